The van der Waals surface area contributed by atoms with Crippen LogP contribution in [0.2, 0.25) is 0 Å². The van der Waals surface area contributed by atoms with Crippen molar-refractivity contribution in [2.24, 2.45) is 0 Å². The van der Waals surface area contributed by atoms with E-state index >= 15 is 0 Å². The lowest BCUT2D eigenvalue weighted by Gasteiger charge is -2.08. The minimum atomic E-state index is -0.197. The molecule has 0 bridgehead atoms. The number of hydrogen-bond donors (Lipinski definition) is 2. The van der Waals surface area contributed by atoms with Crippen molar-refractivity contribution in [3.05, 3.63) is 78.0 Å². The minimum Gasteiger partial charge on any atom is -0.439 e. The van der Waals surface area contributed by atoms with Crippen molar-refractivity contribution in [1.82, 2.24) is 4.98 Å². The molecule has 1 aromatic heterocycles. The van der Waals surface area contributed by atoms with E-state index in [0.29, 0.717) is 17.3 Å². The van der Waals surface area contributed by atoms with E-state index in [1.54, 1.807) is 12.1 Å². The molecule has 30 heavy (non-hydrogen) atoms. The normalized spacial score (nSPS) is 10.3. The van der Waals surface area contributed by atoms with Gasteiger partial charge in [0.15, 0.2) is 0 Å². The number of pyridine rings is 1. The van der Waals surface area contributed by atoms with E-state index in [1.807, 2.05) is 62.4 Å². The van der Waals surface area contributed by atoms with Gasteiger partial charge in [-0.25, -0.2) is 4.98 Å². The van der Waals surface area contributed by atoms with Crippen molar-refractivity contribution < 1.29 is 14.3 Å². The standard InChI is InChI=1S/C23H23N3O3S/c1-16-3-7-18(8-4-16)25-21(27)14-30-15-22(28)26-19-9-12-23(24-13-19)29-20-10-5-17(2)6-11-20/h3-13H,14-15H2,1-2H3,(H,25,27)(H,26,28). The van der Waals surface area contributed by atoms with Crippen LogP contribution in [0.4, 0.5) is 11.4 Å². The van der Waals surface area contributed by atoms with Crippen LogP contribution in [0.3, 0.4) is 0 Å². The first-order valence-electron chi connectivity index (χ1n) is 9.42. The van der Waals surface area contributed by atoms with Crippen LogP contribution < -0.4 is 15.4 Å². The first-order chi connectivity index (χ1) is 14.5. The number of carbonyl (C=O) groups excluding carboxylic acids is 2. The number of thioether (sulfide) groups is 1. The van der Waals surface area contributed by atoms with Crippen molar-refractivity contribution in [2.75, 3.05) is 22.1 Å². The number of benzene rings is 2. The maximum Gasteiger partial charge on any atom is 0.234 e. The maximum atomic E-state index is 12.1. The third-order valence-corrected chi connectivity index (χ3v) is 5.00. The highest BCUT2D eigenvalue weighted by Gasteiger charge is 2.07. The Kier molecular flexibility index (Phi) is 7.45. The predicted molar refractivity (Wildman–Crippen MR) is 121 cm³/mol. The molecule has 0 fully saturated rings. The van der Waals surface area contributed by atoms with Gasteiger partial charge < -0.3 is 15.4 Å². The van der Waals surface area contributed by atoms with Gasteiger partial charge in [-0.05, 0) is 44.2 Å². The van der Waals surface area contributed by atoms with Crippen LogP contribution in [0, 0.1) is 13.8 Å². The highest BCUT2D eigenvalue weighted by atomic mass is 32.2. The molecule has 0 aliphatic carbocycles. The number of nitrogens with one attached hydrogen (secondary N) is 2. The molecular weight excluding hydrogens is 398 g/mol. The van der Waals surface area contributed by atoms with Crippen LogP contribution in [0.5, 0.6) is 11.6 Å². The molecule has 0 aliphatic rings. The first kappa shape index (κ1) is 21.4. The molecule has 154 valence electrons. The Morgan fingerprint density at radius 3 is 1.90 bits per heavy atom. The van der Waals surface area contributed by atoms with E-state index in [4.69, 9.17) is 4.74 Å². The van der Waals surface area contributed by atoms with Gasteiger partial charge in [0.05, 0.1) is 23.4 Å². The highest BCUT2D eigenvalue weighted by Crippen LogP contribution is 2.21. The molecule has 3 aromatic rings. The van der Waals surface area contributed by atoms with Gasteiger partial charge in [0, 0.05) is 11.8 Å². The molecule has 0 saturated carbocycles. The maximum absolute atomic E-state index is 12.1. The largest absolute Gasteiger partial charge is 0.439 e. The van der Waals surface area contributed by atoms with Crippen LogP contribution in [0.15, 0.2) is 66.9 Å². The number of aryl methyl sites for hydroxylation is 2. The second kappa shape index (κ2) is 10.5. The minimum absolute atomic E-state index is 0.143. The lowest BCUT2D eigenvalue weighted by Crippen LogP contribution is -2.18. The molecular formula is C23H23N3O3S. The number of nitrogens with zero attached hydrogens (tertiary/aromatic N) is 1. The molecule has 2 amide bonds. The van der Waals surface area contributed by atoms with Crippen molar-refractivity contribution in [2.45, 2.75) is 13.8 Å². The van der Waals surface area contributed by atoms with Gasteiger partial charge in [0.25, 0.3) is 0 Å². The Morgan fingerprint density at radius 2 is 1.33 bits per heavy atom. The Labute approximate surface area is 180 Å². The van der Waals surface area contributed by atoms with E-state index in [2.05, 4.69) is 15.6 Å². The van der Waals surface area contributed by atoms with Gasteiger partial charge in [0.1, 0.15) is 5.75 Å². The summed E-state index contributed by atoms with van der Waals surface area (Å²) >= 11 is 1.25. The van der Waals surface area contributed by atoms with Crippen molar-refractivity contribution >= 4 is 35.0 Å². The van der Waals surface area contributed by atoms with E-state index in [0.717, 1.165) is 16.8 Å². The smallest absolute Gasteiger partial charge is 0.234 e. The zero-order chi connectivity index (χ0) is 21.3. The Hall–Kier alpha value is -3.32. The highest BCUT2D eigenvalue weighted by molar-refractivity contribution is 8.00. The fraction of sp³-hybridized carbons (Fsp3) is 0.174. The lowest BCUT2D eigenvalue weighted by atomic mass is 10.2. The van der Waals surface area contributed by atoms with E-state index in [1.165, 1.54) is 18.0 Å². The summed E-state index contributed by atoms with van der Waals surface area (Å²) in [6, 6.07) is 18.7. The zero-order valence-corrected chi connectivity index (χ0v) is 17.7. The Bertz CT molecular complexity index is 988. The van der Waals surface area contributed by atoms with Gasteiger partial charge in [-0.2, -0.15) is 0 Å². The van der Waals surface area contributed by atoms with Gasteiger partial charge in [-0.15, -0.1) is 11.8 Å². The zero-order valence-electron chi connectivity index (χ0n) is 16.8. The second-order valence-corrected chi connectivity index (χ2v) is 7.74. The van der Waals surface area contributed by atoms with Gasteiger partial charge in [-0.3, -0.25) is 9.59 Å². The molecule has 7 heteroatoms. The summed E-state index contributed by atoms with van der Waals surface area (Å²) in [5.41, 5.74) is 3.60. The average molecular weight is 422 g/mol. The number of rotatable bonds is 8. The molecule has 1 heterocycles. The predicted octanol–water partition coefficient (Wildman–Crippen LogP) is 4.80. The summed E-state index contributed by atoms with van der Waals surface area (Å²) in [5.74, 6) is 1.17. The molecule has 0 saturated heterocycles. The summed E-state index contributed by atoms with van der Waals surface area (Å²) < 4.78 is 5.67. The number of carbonyl (C=O) groups is 2. The van der Waals surface area contributed by atoms with Crippen LogP contribution in [0.25, 0.3) is 0 Å². The summed E-state index contributed by atoms with van der Waals surface area (Å²) in [4.78, 5) is 28.2. The molecule has 6 nitrogen and oxygen atoms in total. The molecule has 0 atom stereocenters. The van der Waals surface area contributed by atoms with Crippen molar-refractivity contribution in [3.8, 4) is 11.6 Å². The van der Waals surface area contributed by atoms with Gasteiger partial charge in [-0.1, -0.05) is 35.4 Å². The topological polar surface area (TPSA) is 80.3 Å². The van der Waals surface area contributed by atoms with Crippen LogP contribution >= 0.6 is 11.8 Å². The molecule has 2 N–H and O–H groups in total. The number of anilines is 2. The van der Waals surface area contributed by atoms with Crippen molar-refractivity contribution in [1.29, 1.82) is 0 Å². The molecule has 2 aromatic carbocycles. The monoisotopic (exact) mass is 421 g/mol. The SMILES string of the molecule is Cc1ccc(NC(=O)CSCC(=O)Nc2ccc(Oc3ccc(C)cc3)nc2)cc1. The fourth-order valence-electron chi connectivity index (χ4n) is 2.51. The second-order valence-electron chi connectivity index (χ2n) is 6.76. The summed E-state index contributed by atoms with van der Waals surface area (Å²) in [6.07, 6.45) is 1.54. The molecule has 0 unspecified atom stereocenters. The Morgan fingerprint density at radius 1 is 0.800 bits per heavy atom. The third kappa shape index (κ3) is 6.93. The quantitative estimate of drug-likeness (QED) is 0.546. The Balaban J connectivity index is 1.39. The number of aromatic nitrogens is 1. The van der Waals surface area contributed by atoms with Crippen molar-refractivity contribution in [3.63, 3.8) is 0 Å². The first-order valence-corrected chi connectivity index (χ1v) is 10.6. The lowest BCUT2D eigenvalue weighted by molar-refractivity contribution is -0.114. The summed E-state index contributed by atoms with van der Waals surface area (Å²) in [7, 11) is 0. The van der Waals surface area contributed by atoms with Crippen LogP contribution in [-0.4, -0.2) is 28.3 Å². The van der Waals surface area contributed by atoms with Gasteiger partial charge >= 0.3 is 0 Å². The molecule has 0 radical (unpaired) electrons. The van der Waals surface area contributed by atoms with Gasteiger partial charge in [0.2, 0.25) is 17.7 Å². The van der Waals surface area contributed by atoms with Crippen LogP contribution in [0.1, 0.15) is 11.1 Å². The molecule has 0 aliphatic heterocycles. The number of ether oxygens (including phenoxy) is 1. The van der Waals surface area contributed by atoms with E-state index < -0.39 is 0 Å². The van der Waals surface area contributed by atoms with E-state index in [-0.39, 0.29) is 23.3 Å². The average Bonchev–Trinajstić information content (AvgIpc) is 2.73. The number of hydrogen-bond acceptors (Lipinski definition) is 5. The molecule has 0 spiro atoms. The van der Waals surface area contributed by atoms with Crippen LogP contribution in [-0.2, 0) is 9.59 Å². The van der Waals surface area contributed by atoms with E-state index in [9.17, 15) is 9.59 Å². The summed E-state index contributed by atoms with van der Waals surface area (Å²) in [6.45, 7) is 3.99. The number of amides is 2. The summed E-state index contributed by atoms with van der Waals surface area (Å²) in [5, 5.41) is 5.57. The molecule has 3 rings (SSSR count). The fourth-order valence-corrected chi connectivity index (χ4v) is 3.13. The third-order valence-electron chi connectivity index (χ3n) is 4.07.